The average molecular weight is 253 g/mol. The van der Waals surface area contributed by atoms with E-state index in [0.29, 0.717) is 18.5 Å². The van der Waals surface area contributed by atoms with E-state index in [-0.39, 0.29) is 0 Å². The van der Waals surface area contributed by atoms with Crippen molar-refractivity contribution in [3.05, 3.63) is 59.2 Å². The van der Waals surface area contributed by atoms with E-state index >= 15 is 0 Å². The predicted molar refractivity (Wildman–Crippen MR) is 74.9 cm³/mol. The van der Waals surface area contributed by atoms with Gasteiger partial charge in [0.05, 0.1) is 0 Å². The maximum atomic E-state index is 10.9. The van der Waals surface area contributed by atoms with Gasteiger partial charge in [-0.2, -0.15) is 0 Å². The van der Waals surface area contributed by atoms with Crippen LogP contribution in [0.1, 0.15) is 21.5 Å². The lowest BCUT2D eigenvalue weighted by molar-refractivity contribution is -0.109. The molecule has 2 aromatic carbocycles. The smallest absolute Gasteiger partial charge is 0.207 e. The molecule has 0 aromatic heterocycles. The van der Waals surface area contributed by atoms with Gasteiger partial charge in [0.2, 0.25) is 6.41 Å². The standard InChI is InChI=1S/C16H15NO2/c1-12-4-2-7-15(9-17-11-19)16(12)14-6-3-5-13(8-14)10-18/h2-8,10-11H,9H2,1H3,(H,17,19). The van der Waals surface area contributed by atoms with Crippen molar-refractivity contribution in [1.82, 2.24) is 5.32 Å². The molecule has 0 aliphatic carbocycles. The van der Waals surface area contributed by atoms with Crippen molar-refractivity contribution < 1.29 is 9.59 Å². The Morgan fingerprint density at radius 3 is 2.63 bits per heavy atom. The number of amides is 1. The molecular weight excluding hydrogens is 238 g/mol. The normalized spacial score (nSPS) is 9.95. The van der Waals surface area contributed by atoms with Crippen molar-refractivity contribution in [3.63, 3.8) is 0 Å². The largest absolute Gasteiger partial charge is 0.355 e. The fraction of sp³-hybridized carbons (Fsp3) is 0.125. The Kier molecular flexibility index (Phi) is 4.08. The zero-order valence-electron chi connectivity index (χ0n) is 10.7. The molecule has 0 unspecified atom stereocenters. The highest BCUT2D eigenvalue weighted by Crippen LogP contribution is 2.28. The molecule has 2 rings (SSSR count). The molecular formula is C16H15NO2. The third-order valence-electron chi connectivity index (χ3n) is 3.05. The van der Waals surface area contributed by atoms with Crippen LogP contribution in [0.15, 0.2) is 42.5 Å². The van der Waals surface area contributed by atoms with Crippen LogP contribution < -0.4 is 5.32 Å². The third kappa shape index (κ3) is 2.88. The van der Waals surface area contributed by atoms with Gasteiger partial charge >= 0.3 is 0 Å². The van der Waals surface area contributed by atoms with Crippen molar-refractivity contribution in [1.29, 1.82) is 0 Å². The second-order valence-electron chi connectivity index (χ2n) is 4.35. The van der Waals surface area contributed by atoms with E-state index in [1.807, 2.05) is 43.3 Å². The van der Waals surface area contributed by atoms with Gasteiger partial charge in [-0.1, -0.05) is 36.4 Å². The van der Waals surface area contributed by atoms with Gasteiger partial charge in [0.15, 0.2) is 0 Å². The van der Waals surface area contributed by atoms with Gasteiger partial charge in [0.1, 0.15) is 6.29 Å². The van der Waals surface area contributed by atoms with Gasteiger partial charge < -0.3 is 5.32 Å². The highest BCUT2D eigenvalue weighted by atomic mass is 16.1. The average Bonchev–Trinajstić information content (AvgIpc) is 2.45. The summed E-state index contributed by atoms with van der Waals surface area (Å²) >= 11 is 0. The van der Waals surface area contributed by atoms with Crippen LogP contribution >= 0.6 is 0 Å². The summed E-state index contributed by atoms with van der Waals surface area (Å²) in [6.45, 7) is 2.50. The van der Waals surface area contributed by atoms with E-state index in [0.717, 1.165) is 28.5 Å². The molecule has 0 fully saturated rings. The summed E-state index contributed by atoms with van der Waals surface area (Å²) in [4.78, 5) is 21.3. The highest BCUT2D eigenvalue weighted by Gasteiger charge is 2.08. The van der Waals surface area contributed by atoms with Crippen molar-refractivity contribution in [2.75, 3.05) is 0 Å². The number of benzene rings is 2. The minimum absolute atomic E-state index is 0.478. The van der Waals surface area contributed by atoms with Crippen molar-refractivity contribution in [2.24, 2.45) is 0 Å². The quantitative estimate of drug-likeness (QED) is 0.833. The molecule has 96 valence electrons. The summed E-state index contributed by atoms with van der Waals surface area (Å²) < 4.78 is 0. The Morgan fingerprint density at radius 1 is 1.11 bits per heavy atom. The fourth-order valence-electron chi connectivity index (χ4n) is 2.21. The van der Waals surface area contributed by atoms with Gasteiger partial charge in [-0.25, -0.2) is 0 Å². The molecule has 19 heavy (non-hydrogen) atoms. The van der Waals surface area contributed by atoms with E-state index in [1.165, 1.54) is 0 Å². The minimum Gasteiger partial charge on any atom is -0.355 e. The SMILES string of the molecule is Cc1cccc(CNC=O)c1-c1cccc(C=O)c1. The third-order valence-corrected chi connectivity index (χ3v) is 3.05. The predicted octanol–water partition coefficient (Wildman–Crippen LogP) is 2.72. The number of nitrogens with one attached hydrogen (secondary N) is 1. The topological polar surface area (TPSA) is 46.2 Å². The molecule has 1 amide bonds. The first-order chi connectivity index (χ1) is 9.26. The van der Waals surface area contributed by atoms with Gasteiger partial charge in [-0.15, -0.1) is 0 Å². The van der Waals surface area contributed by atoms with Crippen molar-refractivity contribution >= 4 is 12.7 Å². The van der Waals surface area contributed by atoms with Gasteiger partial charge in [0, 0.05) is 12.1 Å². The zero-order valence-corrected chi connectivity index (χ0v) is 10.7. The number of aryl methyl sites for hydroxylation is 1. The molecule has 0 saturated carbocycles. The Labute approximate surface area is 112 Å². The second kappa shape index (κ2) is 5.96. The number of hydrogen-bond acceptors (Lipinski definition) is 2. The van der Waals surface area contributed by atoms with Crippen LogP contribution in [0.4, 0.5) is 0 Å². The maximum Gasteiger partial charge on any atom is 0.207 e. The Morgan fingerprint density at radius 2 is 1.89 bits per heavy atom. The minimum atomic E-state index is 0.478. The molecule has 0 radical (unpaired) electrons. The van der Waals surface area contributed by atoms with Gasteiger partial charge in [-0.3, -0.25) is 9.59 Å². The lowest BCUT2D eigenvalue weighted by atomic mass is 9.94. The van der Waals surface area contributed by atoms with Crippen molar-refractivity contribution in [3.8, 4) is 11.1 Å². The van der Waals surface area contributed by atoms with E-state index in [4.69, 9.17) is 0 Å². The van der Waals surface area contributed by atoms with Gasteiger partial charge in [0.25, 0.3) is 0 Å². The Hall–Kier alpha value is -2.42. The molecule has 0 saturated heterocycles. The number of hydrogen-bond donors (Lipinski definition) is 1. The number of rotatable bonds is 5. The molecule has 1 N–H and O–H groups in total. The molecule has 0 bridgehead atoms. The molecule has 0 heterocycles. The zero-order chi connectivity index (χ0) is 13.7. The highest BCUT2D eigenvalue weighted by molar-refractivity contribution is 5.80. The molecule has 0 aliphatic heterocycles. The Bertz CT molecular complexity index is 605. The van der Waals surface area contributed by atoms with Gasteiger partial charge in [-0.05, 0) is 35.2 Å². The van der Waals surface area contributed by atoms with Crippen LogP contribution in [0.25, 0.3) is 11.1 Å². The lowest BCUT2D eigenvalue weighted by Crippen LogP contribution is -2.11. The molecule has 0 atom stereocenters. The first-order valence-electron chi connectivity index (χ1n) is 6.07. The summed E-state index contributed by atoms with van der Waals surface area (Å²) in [5, 5.41) is 2.68. The summed E-state index contributed by atoms with van der Waals surface area (Å²) in [5.41, 5.74) is 4.87. The molecule has 3 nitrogen and oxygen atoms in total. The van der Waals surface area contributed by atoms with Crippen LogP contribution in [-0.2, 0) is 11.3 Å². The van der Waals surface area contributed by atoms with E-state index in [2.05, 4.69) is 5.32 Å². The number of carbonyl (C=O) groups is 2. The second-order valence-corrected chi connectivity index (χ2v) is 4.35. The first kappa shape index (κ1) is 13.0. The fourth-order valence-corrected chi connectivity index (χ4v) is 2.21. The monoisotopic (exact) mass is 253 g/mol. The molecule has 0 aliphatic rings. The van der Waals surface area contributed by atoms with Crippen LogP contribution in [-0.4, -0.2) is 12.7 Å². The summed E-state index contributed by atoms with van der Waals surface area (Å²) in [5.74, 6) is 0. The molecule has 3 heteroatoms. The lowest BCUT2D eigenvalue weighted by Gasteiger charge is -2.13. The van der Waals surface area contributed by atoms with E-state index in [9.17, 15) is 9.59 Å². The maximum absolute atomic E-state index is 10.9. The molecule has 2 aromatic rings. The van der Waals surface area contributed by atoms with Crippen LogP contribution in [0, 0.1) is 6.92 Å². The van der Waals surface area contributed by atoms with Crippen LogP contribution in [0.2, 0.25) is 0 Å². The van der Waals surface area contributed by atoms with E-state index < -0.39 is 0 Å². The number of aldehydes is 1. The summed E-state index contributed by atoms with van der Waals surface area (Å²) in [7, 11) is 0. The summed E-state index contributed by atoms with van der Waals surface area (Å²) in [6, 6.07) is 13.4. The van der Waals surface area contributed by atoms with Crippen LogP contribution in [0.3, 0.4) is 0 Å². The Balaban J connectivity index is 2.52. The van der Waals surface area contributed by atoms with E-state index in [1.54, 1.807) is 6.07 Å². The number of carbonyl (C=O) groups excluding carboxylic acids is 2. The molecule has 0 spiro atoms. The first-order valence-corrected chi connectivity index (χ1v) is 6.07. The summed E-state index contributed by atoms with van der Waals surface area (Å²) in [6.07, 6.45) is 1.53. The van der Waals surface area contributed by atoms with Crippen LogP contribution in [0.5, 0.6) is 0 Å². The van der Waals surface area contributed by atoms with Crippen molar-refractivity contribution in [2.45, 2.75) is 13.5 Å².